The minimum absolute atomic E-state index is 0.172. The van der Waals surface area contributed by atoms with Gasteiger partial charge in [-0.05, 0) is 37.8 Å². The highest BCUT2D eigenvalue weighted by Crippen LogP contribution is 2.25. The summed E-state index contributed by atoms with van der Waals surface area (Å²) in [5.41, 5.74) is 1.27. The zero-order valence-corrected chi connectivity index (χ0v) is 14.6. The molecule has 0 saturated carbocycles. The summed E-state index contributed by atoms with van der Waals surface area (Å²) < 4.78 is 2.17. The molecule has 0 aromatic carbocycles. The van der Waals surface area contributed by atoms with Gasteiger partial charge in [-0.25, -0.2) is 9.97 Å². The first kappa shape index (κ1) is 16.8. The zero-order chi connectivity index (χ0) is 16.9. The molecule has 3 heterocycles. The molecule has 24 heavy (non-hydrogen) atoms. The second kappa shape index (κ2) is 7.66. The van der Waals surface area contributed by atoms with Crippen molar-refractivity contribution in [2.24, 2.45) is 0 Å². The molecule has 130 valence electrons. The lowest BCUT2D eigenvalue weighted by atomic mass is 10.0. The number of nitrogens with zero attached hydrogens (tertiary/aromatic N) is 5. The number of aliphatic hydroxyl groups is 1. The summed E-state index contributed by atoms with van der Waals surface area (Å²) in [5, 5.41) is 9.62. The average molecular weight is 329 g/mol. The molecule has 1 atom stereocenters. The van der Waals surface area contributed by atoms with Crippen molar-refractivity contribution in [2.45, 2.75) is 45.3 Å². The minimum atomic E-state index is 0.172. The molecule has 6 heteroatoms. The van der Waals surface area contributed by atoms with E-state index in [1.54, 1.807) is 6.33 Å². The summed E-state index contributed by atoms with van der Waals surface area (Å²) in [6.07, 6.45) is 9.25. The molecule has 2 aromatic heterocycles. The van der Waals surface area contributed by atoms with Gasteiger partial charge in [0.05, 0.1) is 12.6 Å². The van der Waals surface area contributed by atoms with Crippen molar-refractivity contribution >= 4 is 11.6 Å². The quantitative estimate of drug-likeness (QED) is 0.881. The second-order valence-corrected chi connectivity index (χ2v) is 6.47. The fourth-order valence-electron chi connectivity index (χ4n) is 3.33. The Labute approximate surface area is 143 Å². The Morgan fingerprint density at radius 3 is 2.96 bits per heavy atom. The first-order chi connectivity index (χ1) is 11.7. The molecule has 1 N–H and O–H groups in total. The fourth-order valence-corrected chi connectivity index (χ4v) is 3.33. The van der Waals surface area contributed by atoms with E-state index >= 15 is 0 Å². The van der Waals surface area contributed by atoms with E-state index in [2.05, 4.69) is 56.8 Å². The van der Waals surface area contributed by atoms with E-state index in [1.807, 2.05) is 6.07 Å². The van der Waals surface area contributed by atoms with Gasteiger partial charge in [0.25, 0.3) is 0 Å². The summed E-state index contributed by atoms with van der Waals surface area (Å²) in [6.45, 7) is 5.07. The molecule has 0 bridgehead atoms. The molecule has 0 amide bonds. The first-order valence-corrected chi connectivity index (χ1v) is 8.76. The third-order valence-corrected chi connectivity index (χ3v) is 4.76. The Morgan fingerprint density at radius 1 is 1.33 bits per heavy atom. The minimum Gasteiger partial charge on any atom is -0.394 e. The molecule has 1 fully saturated rings. The van der Waals surface area contributed by atoms with E-state index in [1.165, 1.54) is 12.0 Å². The van der Waals surface area contributed by atoms with Gasteiger partial charge in [0.2, 0.25) is 0 Å². The van der Waals surface area contributed by atoms with Crippen LogP contribution in [-0.4, -0.2) is 45.9 Å². The molecular weight excluding hydrogens is 302 g/mol. The van der Waals surface area contributed by atoms with Crippen molar-refractivity contribution in [1.29, 1.82) is 0 Å². The van der Waals surface area contributed by atoms with E-state index in [9.17, 15) is 5.11 Å². The number of aromatic nitrogens is 3. The number of hydrogen-bond donors (Lipinski definition) is 1. The lowest BCUT2D eigenvalue weighted by Gasteiger charge is -2.35. The van der Waals surface area contributed by atoms with Crippen molar-refractivity contribution in [3.8, 4) is 0 Å². The van der Waals surface area contributed by atoms with Gasteiger partial charge < -0.3 is 19.5 Å². The molecule has 2 aromatic rings. The maximum absolute atomic E-state index is 9.62. The summed E-state index contributed by atoms with van der Waals surface area (Å²) in [5.74, 6) is 1.82. The summed E-state index contributed by atoms with van der Waals surface area (Å²) >= 11 is 0. The first-order valence-electron chi connectivity index (χ1n) is 8.76. The number of rotatable bonds is 6. The average Bonchev–Trinajstić information content (AvgIpc) is 3.09. The van der Waals surface area contributed by atoms with Gasteiger partial charge in [-0.1, -0.05) is 0 Å². The Morgan fingerprint density at radius 2 is 2.21 bits per heavy atom. The lowest BCUT2D eigenvalue weighted by molar-refractivity contribution is 0.239. The smallest absolute Gasteiger partial charge is 0.134 e. The van der Waals surface area contributed by atoms with Crippen LogP contribution >= 0.6 is 0 Å². The Hall–Kier alpha value is -2.08. The predicted octanol–water partition coefficient (Wildman–Crippen LogP) is 2.29. The molecule has 1 unspecified atom stereocenters. The fraction of sp³-hybridized carbons (Fsp3) is 0.556. The van der Waals surface area contributed by atoms with Gasteiger partial charge in [0.15, 0.2) is 0 Å². The predicted molar refractivity (Wildman–Crippen MR) is 96.3 cm³/mol. The summed E-state index contributed by atoms with van der Waals surface area (Å²) in [4.78, 5) is 13.2. The van der Waals surface area contributed by atoms with Crippen LogP contribution in [0.1, 0.15) is 31.7 Å². The number of aryl methyl sites for hydroxylation is 1. The Balaban J connectivity index is 1.74. The van der Waals surface area contributed by atoms with Crippen LogP contribution in [0.3, 0.4) is 0 Å². The normalized spacial score (nSPS) is 18.0. The summed E-state index contributed by atoms with van der Waals surface area (Å²) in [6, 6.07) is 4.35. The van der Waals surface area contributed by atoms with Gasteiger partial charge >= 0.3 is 0 Å². The molecule has 0 spiro atoms. The molecule has 1 aliphatic heterocycles. The maximum Gasteiger partial charge on any atom is 0.134 e. The highest BCUT2D eigenvalue weighted by molar-refractivity contribution is 5.51. The van der Waals surface area contributed by atoms with Crippen LogP contribution in [0.25, 0.3) is 0 Å². The monoisotopic (exact) mass is 329 g/mol. The third kappa shape index (κ3) is 3.70. The number of piperidine rings is 1. The van der Waals surface area contributed by atoms with Crippen molar-refractivity contribution in [3.63, 3.8) is 0 Å². The van der Waals surface area contributed by atoms with Crippen molar-refractivity contribution in [1.82, 2.24) is 14.5 Å². The third-order valence-electron chi connectivity index (χ3n) is 4.76. The van der Waals surface area contributed by atoms with Gasteiger partial charge in [-0.15, -0.1) is 0 Å². The highest BCUT2D eigenvalue weighted by Gasteiger charge is 2.23. The van der Waals surface area contributed by atoms with E-state index in [-0.39, 0.29) is 12.6 Å². The van der Waals surface area contributed by atoms with Crippen LogP contribution in [0.2, 0.25) is 0 Å². The second-order valence-electron chi connectivity index (χ2n) is 6.47. The van der Waals surface area contributed by atoms with Crippen LogP contribution in [0.15, 0.2) is 30.9 Å². The van der Waals surface area contributed by atoms with Gasteiger partial charge in [0.1, 0.15) is 18.0 Å². The van der Waals surface area contributed by atoms with E-state index in [0.717, 1.165) is 44.1 Å². The van der Waals surface area contributed by atoms with Gasteiger partial charge in [0, 0.05) is 45.1 Å². The highest BCUT2D eigenvalue weighted by atomic mass is 16.3. The lowest BCUT2D eigenvalue weighted by Crippen LogP contribution is -2.42. The Kier molecular flexibility index (Phi) is 5.35. The van der Waals surface area contributed by atoms with Crippen molar-refractivity contribution < 1.29 is 5.11 Å². The van der Waals surface area contributed by atoms with E-state index in [4.69, 9.17) is 0 Å². The van der Waals surface area contributed by atoms with Crippen LogP contribution in [0.4, 0.5) is 11.6 Å². The maximum atomic E-state index is 9.62. The van der Waals surface area contributed by atoms with Gasteiger partial charge in [-0.2, -0.15) is 0 Å². The standard InChI is InChI=1S/C18H27N5O/c1-3-22-9-7-15(12-22)11-21(2)17-10-18(20-14-19-17)23-8-5-4-6-16(23)13-24/h7,9-10,12,14,16,24H,3-6,8,11,13H2,1-2H3. The van der Waals surface area contributed by atoms with Crippen LogP contribution in [0, 0.1) is 0 Å². The van der Waals surface area contributed by atoms with E-state index in [0.29, 0.717) is 0 Å². The molecule has 0 aliphatic carbocycles. The number of hydrogen-bond acceptors (Lipinski definition) is 5. The van der Waals surface area contributed by atoms with Crippen molar-refractivity contribution in [2.75, 3.05) is 30.0 Å². The molecule has 1 saturated heterocycles. The largest absolute Gasteiger partial charge is 0.394 e. The SMILES string of the molecule is CCn1ccc(CN(C)c2cc(N3CCCCC3CO)ncn2)c1. The van der Waals surface area contributed by atoms with Gasteiger partial charge in [-0.3, -0.25) is 0 Å². The van der Waals surface area contributed by atoms with Crippen LogP contribution < -0.4 is 9.80 Å². The number of anilines is 2. The zero-order valence-electron chi connectivity index (χ0n) is 14.6. The number of aliphatic hydroxyl groups excluding tert-OH is 1. The van der Waals surface area contributed by atoms with Crippen LogP contribution in [-0.2, 0) is 13.1 Å². The topological polar surface area (TPSA) is 57.4 Å². The molecule has 0 radical (unpaired) electrons. The molecular formula is C18H27N5O. The van der Waals surface area contributed by atoms with Crippen LogP contribution in [0.5, 0.6) is 0 Å². The summed E-state index contributed by atoms with van der Waals surface area (Å²) in [7, 11) is 2.05. The van der Waals surface area contributed by atoms with Crippen molar-refractivity contribution in [3.05, 3.63) is 36.4 Å². The molecule has 1 aliphatic rings. The molecule has 6 nitrogen and oxygen atoms in total. The van der Waals surface area contributed by atoms with E-state index < -0.39 is 0 Å². The Bertz CT molecular complexity index is 656. The molecule has 3 rings (SSSR count).